The van der Waals surface area contributed by atoms with E-state index in [9.17, 15) is 0 Å². The van der Waals surface area contributed by atoms with Crippen LogP contribution in [0.15, 0.2) is 21.8 Å². The number of hydrogen-bond acceptors (Lipinski definition) is 3. The van der Waals surface area contributed by atoms with Crippen molar-refractivity contribution in [2.24, 2.45) is 5.92 Å². The van der Waals surface area contributed by atoms with E-state index < -0.39 is 0 Å². The predicted octanol–water partition coefficient (Wildman–Crippen LogP) is 2.58. The van der Waals surface area contributed by atoms with Crippen LogP contribution < -0.4 is 5.32 Å². The Morgan fingerprint density at radius 3 is 3.25 bits per heavy atom. The molecule has 2 nitrogen and oxygen atoms in total. The Hall–Kier alpha value is -0.570. The molecule has 1 aliphatic heterocycles. The van der Waals surface area contributed by atoms with Crippen molar-refractivity contribution in [1.82, 2.24) is 0 Å². The van der Waals surface area contributed by atoms with Crippen LogP contribution in [0.25, 0.3) is 0 Å². The first kappa shape index (κ1) is 6.89. The zero-order valence-corrected chi connectivity index (χ0v) is 7.56. The molecule has 1 aromatic rings. The summed E-state index contributed by atoms with van der Waals surface area (Å²) in [6, 6.07) is 2.01. The van der Waals surface area contributed by atoms with Crippen molar-refractivity contribution >= 4 is 17.4 Å². The average molecular weight is 181 g/mol. The molecule has 0 bridgehead atoms. The van der Waals surface area contributed by atoms with Gasteiger partial charge in [-0.25, -0.2) is 0 Å². The summed E-state index contributed by atoms with van der Waals surface area (Å²) in [4.78, 5) is 0. The van der Waals surface area contributed by atoms with Crippen LogP contribution in [0, 0.1) is 5.92 Å². The van der Waals surface area contributed by atoms with Crippen molar-refractivity contribution in [2.45, 2.75) is 23.2 Å². The number of anilines is 1. The van der Waals surface area contributed by atoms with Crippen molar-refractivity contribution in [3.8, 4) is 0 Å². The number of hydrogen-bond donors (Lipinski definition) is 1. The molecule has 0 amide bonds. The molecule has 1 aromatic heterocycles. The third-order valence-corrected chi connectivity index (χ3v) is 3.91. The second-order valence-electron chi connectivity index (χ2n) is 3.50. The van der Waals surface area contributed by atoms with Gasteiger partial charge in [-0.15, -0.1) is 0 Å². The minimum Gasteiger partial charge on any atom is -0.456 e. The van der Waals surface area contributed by atoms with Crippen LogP contribution >= 0.6 is 11.8 Å². The molecule has 1 unspecified atom stereocenters. The van der Waals surface area contributed by atoms with Crippen molar-refractivity contribution in [1.29, 1.82) is 0 Å². The van der Waals surface area contributed by atoms with E-state index in [4.69, 9.17) is 4.42 Å². The van der Waals surface area contributed by atoms with Crippen LogP contribution in [-0.2, 0) is 0 Å². The fraction of sp³-hybridized carbons (Fsp3) is 0.556. The van der Waals surface area contributed by atoms with Crippen LogP contribution in [0.3, 0.4) is 0 Å². The molecular formula is C9H11NOS. The lowest BCUT2D eigenvalue weighted by molar-refractivity contribution is 0.472. The Balaban J connectivity index is 1.83. The van der Waals surface area contributed by atoms with Crippen LogP contribution in [0.1, 0.15) is 12.8 Å². The SMILES string of the molecule is c1cc2c(o1)SC(C1CC1)CN2. The Kier molecular flexibility index (Phi) is 1.41. The second-order valence-corrected chi connectivity index (χ2v) is 4.71. The van der Waals surface area contributed by atoms with Gasteiger partial charge in [0.05, 0.1) is 12.0 Å². The minimum absolute atomic E-state index is 0.753. The molecule has 2 aliphatic rings. The van der Waals surface area contributed by atoms with Gasteiger partial charge in [0.15, 0.2) is 5.09 Å². The van der Waals surface area contributed by atoms with E-state index >= 15 is 0 Å². The van der Waals surface area contributed by atoms with E-state index in [0.29, 0.717) is 0 Å². The van der Waals surface area contributed by atoms with Crippen molar-refractivity contribution in [2.75, 3.05) is 11.9 Å². The van der Waals surface area contributed by atoms with E-state index in [1.54, 1.807) is 6.26 Å². The summed E-state index contributed by atoms with van der Waals surface area (Å²) in [7, 11) is 0. The predicted molar refractivity (Wildman–Crippen MR) is 49.6 cm³/mol. The monoisotopic (exact) mass is 181 g/mol. The highest BCUT2D eigenvalue weighted by Gasteiger charge is 2.35. The van der Waals surface area contributed by atoms with Crippen molar-refractivity contribution < 1.29 is 4.42 Å². The Morgan fingerprint density at radius 1 is 1.50 bits per heavy atom. The Bertz CT molecular complexity index is 292. The van der Waals surface area contributed by atoms with Gasteiger partial charge in [0.25, 0.3) is 0 Å². The topological polar surface area (TPSA) is 25.2 Å². The summed E-state index contributed by atoms with van der Waals surface area (Å²) in [6.45, 7) is 1.11. The summed E-state index contributed by atoms with van der Waals surface area (Å²) in [5, 5.41) is 5.23. The summed E-state index contributed by atoms with van der Waals surface area (Å²) < 4.78 is 5.36. The molecule has 1 atom stereocenters. The molecule has 3 rings (SSSR count). The molecule has 1 fully saturated rings. The molecular weight excluding hydrogens is 170 g/mol. The van der Waals surface area contributed by atoms with E-state index in [1.807, 2.05) is 17.8 Å². The highest BCUT2D eigenvalue weighted by atomic mass is 32.2. The van der Waals surface area contributed by atoms with Gasteiger partial charge in [-0.05, 0) is 18.8 Å². The second kappa shape index (κ2) is 2.46. The first-order valence-corrected chi connectivity index (χ1v) is 5.29. The van der Waals surface area contributed by atoms with Gasteiger partial charge in [-0.1, -0.05) is 11.8 Å². The first-order valence-electron chi connectivity index (χ1n) is 4.41. The fourth-order valence-corrected chi connectivity index (χ4v) is 2.92. The van der Waals surface area contributed by atoms with Crippen molar-refractivity contribution in [3.05, 3.63) is 12.3 Å². The van der Waals surface area contributed by atoms with Crippen LogP contribution in [0.5, 0.6) is 0 Å². The van der Waals surface area contributed by atoms with Gasteiger partial charge < -0.3 is 9.73 Å². The smallest absolute Gasteiger partial charge is 0.183 e. The fourth-order valence-electron chi connectivity index (χ4n) is 1.64. The number of nitrogens with one attached hydrogen (secondary N) is 1. The van der Waals surface area contributed by atoms with Gasteiger partial charge in [0, 0.05) is 17.9 Å². The lowest BCUT2D eigenvalue weighted by atomic mass is 10.3. The quantitative estimate of drug-likeness (QED) is 0.721. The summed E-state index contributed by atoms with van der Waals surface area (Å²) in [6.07, 6.45) is 4.59. The molecule has 1 saturated carbocycles. The average Bonchev–Trinajstić information content (AvgIpc) is 2.84. The molecule has 0 spiro atoms. The van der Waals surface area contributed by atoms with Crippen LogP contribution in [0.4, 0.5) is 5.69 Å². The summed E-state index contributed by atoms with van der Waals surface area (Å²) in [5.74, 6) is 0.945. The number of rotatable bonds is 1. The van der Waals surface area contributed by atoms with E-state index in [-0.39, 0.29) is 0 Å². The van der Waals surface area contributed by atoms with E-state index in [0.717, 1.165) is 22.8 Å². The molecule has 3 heteroatoms. The lowest BCUT2D eigenvalue weighted by Crippen LogP contribution is -2.22. The molecule has 0 aromatic carbocycles. The zero-order valence-electron chi connectivity index (χ0n) is 6.75. The summed E-state index contributed by atoms with van der Waals surface area (Å²) in [5.41, 5.74) is 1.18. The normalized spacial score (nSPS) is 27.8. The number of furan rings is 1. The molecule has 0 saturated heterocycles. The number of fused-ring (bicyclic) bond motifs is 1. The molecule has 64 valence electrons. The Labute approximate surface area is 75.7 Å². The number of thioether (sulfide) groups is 1. The molecule has 2 heterocycles. The maximum absolute atomic E-state index is 5.36. The van der Waals surface area contributed by atoms with Gasteiger partial charge >= 0.3 is 0 Å². The lowest BCUT2D eigenvalue weighted by Gasteiger charge is -2.21. The standard InChI is InChI=1S/C9H11NOS/c1-2-6(1)8-5-10-7-3-4-11-9(7)12-8/h3-4,6,8,10H,1-2,5H2. The first-order chi connectivity index (χ1) is 5.93. The van der Waals surface area contributed by atoms with Crippen LogP contribution in [-0.4, -0.2) is 11.8 Å². The van der Waals surface area contributed by atoms with Gasteiger partial charge in [-0.2, -0.15) is 0 Å². The molecule has 0 radical (unpaired) electrons. The van der Waals surface area contributed by atoms with Gasteiger partial charge in [0.2, 0.25) is 0 Å². The largest absolute Gasteiger partial charge is 0.456 e. The maximum Gasteiger partial charge on any atom is 0.183 e. The third kappa shape index (κ3) is 1.04. The summed E-state index contributed by atoms with van der Waals surface area (Å²) >= 11 is 1.91. The molecule has 12 heavy (non-hydrogen) atoms. The van der Waals surface area contributed by atoms with E-state index in [2.05, 4.69) is 5.32 Å². The van der Waals surface area contributed by atoms with Crippen LogP contribution in [0.2, 0.25) is 0 Å². The zero-order chi connectivity index (χ0) is 7.97. The van der Waals surface area contributed by atoms with Crippen molar-refractivity contribution in [3.63, 3.8) is 0 Å². The third-order valence-electron chi connectivity index (χ3n) is 2.53. The minimum atomic E-state index is 0.753. The van der Waals surface area contributed by atoms with Gasteiger partial charge in [0.1, 0.15) is 0 Å². The maximum atomic E-state index is 5.36. The molecule has 1 N–H and O–H groups in total. The Morgan fingerprint density at radius 2 is 2.42 bits per heavy atom. The van der Waals surface area contributed by atoms with E-state index in [1.165, 1.54) is 18.5 Å². The highest BCUT2D eigenvalue weighted by Crippen LogP contribution is 2.46. The molecule has 1 aliphatic carbocycles. The highest BCUT2D eigenvalue weighted by molar-refractivity contribution is 8.00. The van der Waals surface area contributed by atoms with Gasteiger partial charge in [-0.3, -0.25) is 0 Å².